The van der Waals surface area contributed by atoms with Crippen LogP contribution in [0.3, 0.4) is 0 Å². The fourth-order valence-electron chi connectivity index (χ4n) is 2.18. The van der Waals surface area contributed by atoms with Crippen LogP contribution in [0.1, 0.15) is 29.1 Å². The van der Waals surface area contributed by atoms with Gasteiger partial charge in [0.2, 0.25) is 5.91 Å². The van der Waals surface area contributed by atoms with Gasteiger partial charge in [0.1, 0.15) is 11.8 Å². The largest absolute Gasteiger partial charge is 0.496 e. The van der Waals surface area contributed by atoms with Gasteiger partial charge in [-0.1, -0.05) is 26.0 Å². The highest BCUT2D eigenvalue weighted by Gasteiger charge is 2.26. The summed E-state index contributed by atoms with van der Waals surface area (Å²) < 4.78 is 5.20. The number of amides is 2. The molecule has 2 N–H and O–H groups in total. The number of anilines is 1. The van der Waals surface area contributed by atoms with Crippen molar-refractivity contribution in [2.24, 2.45) is 5.92 Å². The van der Waals surface area contributed by atoms with Crippen molar-refractivity contribution in [1.82, 2.24) is 10.3 Å². The Kier molecular flexibility index (Phi) is 5.92. The highest BCUT2D eigenvalue weighted by molar-refractivity contribution is 7.15. The molecular formula is C17H21N3O3S. The van der Waals surface area contributed by atoms with Crippen LogP contribution in [-0.2, 0) is 4.79 Å². The molecule has 1 atom stereocenters. The first-order valence-corrected chi connectivity index (χ1v) is 8.41. The predicted octanol–water partition coefficient (Wildman–Crippen LogP) is 2.85. The lowest BCUT2D eigenvalue weighted by Gasteiger charge is -2.21. The van der Waals surface area contributed by atoms with E-state index in [0.717, 1.165) is 4.88 Å². The molecule has 1 unspecified atom stereocenters. The van der Waals surface area contributed by atoms with Crippen LogP contribution in [0, 0.1) is 12.8 Å². The van der Waals surface area contributed by atoms with E-state index in [9.17, 15) is 9.59 Å². The first-order valence-electron chi connectivity index (χ1n) is 7.59. The van der Waals surface area contributed by atoms with E-state index >= 15 is 0 Å². The van der Waals surface area contributed by atoms with Crippen LogP contribution in [0.15, 0.2) is 30.5 Å². The lowest BCUT2D eigenvalue weighted by atomic mass is 10.0. The molecule has 7 heteroatoms. The fourth-order valence-corrected chi connectivity index (χ4v) is 2.85. The molecule has 24 heavy (non-hydrogen) atoms. The van der Waals surface area contributed by atoms with Crippen molar-refractivity contribution in [2.75, 3.05) is 12.4 Å². The third kappa shape index (κ3) is 4.32. The van der Waals surface area contributed by atoms with E-state index in [-0.39, 0.29) is 17.7 Å². The molecule has 2 amide bonds. The van der Waals surface area contributed by atoms with Gasteiger partial charge >= 0.3 is 0 Å². The lowest BCUT2D eigenvalue weighted by molar-refractivity contribution is -0.118. The van der Waals surface area contributed by atoms with Crippen molar-refractivity contribution in [1.29, 1.82) is 0 Å². The standard InChI is InChI=1S/C17H21N3O3S/c1-10(2)14(16(22)20-17-18-9-11(3)24-17)19-15(21)12-7-5-6-8-13(12)23-4/h5-10,14H,1-4H3,(H,19,21)(H,18,20,22). The summed E-state index contributed by atoms with van der Waals surface area (Å²) in [7, 11) is 1.50. The van der Waals surface area contributed by atoms with Crippen LogP contribution in [0.5, 0.6) is 5.75 Å². The number of thiazole rings is 1. The maximum Gasteiger partial charge on any atom is 0.255 e. The molecule has 0 spiro atoms. The van der Waals surface area contributed by atoms with Gasteiger partial charge in [-0.2, -0.15) is 0 Å². The van der Waals surface area contributed by atoms with Gasteiger partial charge in [0.05, 0.1) is 12.7 Å². The lowest BCUT2D eigenvalue weighted by Crippen LogP contribution is -2.47. The molecule has 1 aromatic carbocycles. The normalized spacial score (nSPS) is 11.9. The van der Waals surface area contributed by atoms with Crippen LogP contribution >= 0.6 is 11.3 Å². The van der Waals surface area contributed by atoms with Crippen molar-refractivity contribution in [3.63, 3.8) is 0 Å². The predicted molar refractivity (Wildman–Crippen MR) is 94.6 cm³/mol. The van der Waals surface area contributed by atoms with Gasteiger partial charge in [0.15, 0.2) is 5.13 Å². The van der Waals surface area contributed by atoms with Crippen LogP contribution in [0.4, 0.5) is 5.13 Å². The second kappa shape index (κ2) is 7.92. The molecule has 128 valence electrons. The fraction of sp³-hybridized carbons (Fsp3) is 0.353. The van der Waals surface area contributed by atoms with Crippen molar-refractivity contribution in [3.8, 4) is 5.75 Å². The number of carbonyl (C=O) groups is 2. The van der Waals surface area contributed by atoms with E-state index in [4.69, 9.17) is 4.74 Å². The molecular weight excluding hydrogens is 326 g/mol. The number of aryl methyl sites for hydroxylation is 1. The molecule has 0 bridgehead atoms. The number of nitrogens with one attached hydrogen (secondary N) is 2. The van der Waals surface area contributed by atoms with Crippen LogP contribution < -0.4 is 15.4 Å². The summed E-state index contributed by atoms with van der Waals surface area (Å²) in [6, 6.07) is 6.23. The molecule has 0 aliphatic rings. The third-order valence-electron chi connectivity index (χ3n) is 3.44. The first-order chi connectivity index (χ1) is 11.4. The van der Waals surface area contributed by atoms with E-state index in [1.54, 1.807) is 30.5 Å². The molecule has 0 radical (unpaired) electrons. The number of aromatic nitrogens is 1. The Hall–Kier alpha value is -2.41. The quantitative estimate of drug-likeness (QED) is 0.842. The molecule has 0 saturated heterocycles. The Morgan fingerprint density at radius 2 is 1.96 bits per heavy atom. The Labute approximate surface area is 145 Å². The maximum absolute atomic E-state index is 12.5. The molecule has 1 aromatic heterocycles. The number of carbonyl (C=O) groups excluding carboxylic acids is 2. The maximum atomic E-state index is 12.5. The Bertz CT molecular complexity index is 727. The molecule has 6 nitrogen and oxygen atoms in total. The van der Waals surface area contributed by atoms with Crippen LogP contribution in [0.25, 0.3) is 0 Å². The van der Waals surface area contributed by atoms with Crippen molar-refractivity contribution >= 4 is 28.3 Å². The van der Waals surface area contributed by atoms with Crippen molar-refractivity contribution < 1.29 is 14.3 Å². The summed E-state index contributed by atoms with van der Waals surface area (Å²) in [5.74, 6) is -0.252. The molecule has 2 rings (SSSR count). The molecule has 1 heterocycles. The number of para-hydroxylation sites is 1. The summed E-state index contributed by atoms with van der Waals surface area (Å²) in [6.45, 7) is 5.66. The summed E-state index contributed by atoms with van der Waals surface area (Å²) in [5.41, 5.74) is 0.392. The molecule has 2 aromatic rings. The molecule has 0 saturated carbocycles. The van der Waals surface area contributed by atoms with Gasteiger partial charge in [-0.05, 0) is 25.0 Å². The highest BCUT2D eigenvalue weighted by Crippen LogP contribution is 2.19. The van der Waals surface area contributed by atoms with Crippen molar-refractivity contribution in [3.05, 3.63) is 40.9 Å². The zero-order valence-corrected chi connectivity index (χ0v) is 14.9. The average Bonchev–Trinajstić information content (AvgIpc) is 2.96. The summed E-state index contributed by atoms with van der Waals surface area (Å²) in [6.07, 6.45) is 1.69. The second-order valence-corrected chi connectivity index (χ2v) is 6.90. The average molecular weight is 347 g/mol. The van der Waals surface area contributed by atoms with Crippen LogP contribution in [0.2, 0.25) is 0 Å². The minimum Gasteiger partial charge on any atom is -0.496 e. The SMILES string of the molecule is COc1ccccc1C(=O)NC(C(=O)Nc1ncc(C)s1)C(C)C. The zero-order valence-electron chi connectivity index (χ0n) is 14.1. The molecule has 0 fully saturated rings. The van der Waals surface area contributed by atoms with Gasteiger partial charge in [-0.15, -0.1) is 11.3 Å². The summed E-state index contributed by atoms with van der Waals surface area (Å²) >= 11 is 1.39. The van der Waals surface area contributed by atoms with E-state index < -0.39 is 6.04 Å². The molecule has 0 aliphatic carbocycles. The van der Waals surface area contributed by atoms with Gasteiger partial charge in [0, 0.05) is 11.1 Å². The van der Waals surface area contributed by atoms with Gasteiger partial charge in [-0.25, -0.2) is 4.98 Å². The number of hydrogen-bond donors (Lipinski definition) is 2. The summed E-state index contributed by atoms with van der Waals surface area (Å²) in [5, 5.41) is 6.06. The minimum atomic E-state index is -0.674. The van der Waals surface area contributed by atoms with Gasteiger partial charge < -0.3 is 15.4 Å². The molecule has 0 aliphatic heterocycles. The third-order valence-corrected chi connectivity index (χ3v) is 4.27. The Morgan fingerprint density at radius 1 is 1.25 bits per heavy atom. The second-order valence-electron chi connectivity index (χ2n) is 5.66. The number of methoxy groups -OCH3 is 1. The van der Waals surface area contributed by atoms with E-state index in [0.29, 0.717) is 16.4 Å². The Balaban J connectivity index is 2.13. The zero-order chi connectivity index (χ0) is 17.7. The van der Waals surface area contributed by atoms with Gasteiger partial charge in [-0.3, -0.25) is 9.59 Å². The van der Waals surface area contributed by atoms with E-state index in [1.165, 1.54) is 18.4 Å². The minimum absolute atomic E-state index is 0.0790. The number of rotatable bonds is 6. The monoisotopic (exact) mass is 347 g/mol. The van der Waals surface area contributed by atoms with E-state index in [2.05, 4.69) is 15.6 Å². The number of ether oxygens (including phenoxy) is 1. The smallest absolute Gasteiger partial charge is 0.255 e. The number of benzene rings is 1. The number of nitrogens with zero attached hydrogens (tertiary/aromatic N) is 1. The van der Waals surface area contributed by atoms with Crippen LogP contribution in [-0.4, -0.2) is 29.9 Å². The highest BCUT2D eigenvalue weighted by atomic mass is 32.1. The van der Waals surface area contributed by atoms with Gasteiger partial charge in [0.25, 0.3) is 5.91 Å². The summed E-state index contributed by atoms with van der Waals surface area (Å²) in [4.78, 5) is 30.1. The van der Waals surface area contributed by atoms with Crippen molar-refractivity contribution in [2.45, 2.75) is 26.8 Å². The Morgan fingerprint density at radius 3 is 2.54 bits per heavy atom. The number of hydrogen-bond acceptors (Lipinski definition) is 5. The van der Waals surface area contributed by atoms with E-state index in [1.807, 2.05) is 20.8 Å². The first kappa shape index (κ1) is 17.9. The topological polar surface area (TPSA) is 80.3 Å².